The number of hydrogen-bond donors (Lipinski definition) is 2. The molecule has 1 aliphatic rings. The molecule has 0 saturated carbocycles. The third-order valence-electron chi connectivity index (χ3n) is 5.33. The van der Waals surface area contributed by atoms with Crippen molar-refractivity contribution in [2.75, 3.05) is 18.4 Å². The summed E-state index contributed by atoms with van der Waals surface area (Å²) < 4.78 is 15.3. The predicted octanol–water partition coefficient (Wildman–Crippen LogP) is 5.11. The molecule has 0 spiro atoms. The highest BCUT2D eigenvalue weighted by atomic mass is 35.5. The molecule has 1 aliphatic heterocycles. The molecule has 0 bridgehead atoms. The van der Waals surface area contributed by atoms with Crippen LogP contribution in [0.25, 0.3) is 5.69 Å². The number of amides is 1. The lowest BCUT2D eigenvalue weighted by atomic mass is 9.91. The average molecular weight is 449 g/mol. The highest BCUT2D eigenvalue weighted by molar-refractivity contribution is 6.31. The Morgan fingerprint density at radius 2 is 1.97 bits per heavy atom. The minimum Gasteiger partial charge on any atom is -0.322 e. The summed E-state index contributed by atoms with van der Waals surface area (Å²) in [5.41, 5.74) is 3.55. The van der Waals surface area contributed by atoms with Crippen LogP contribution in [0.1, 0.15) is 40.4 Å². The van der Waals surface area contributed by atoms with E-state index in [1.54, 1.807) is 18.3 Å². The predicted molar refractivity (Wildman–Crippen MR) is 120 cm³/mol. The molecule has 2 aromatic carbocycles. The van der Waals surface area contributed by atoms with E-state index in [4.69, 9.17) is 11.6 Å². The van der Waals surface area contributed by atoms with Crippen molar-refractivity contribution in [2.45, 2.75) is 25.7 Å². The van der Waals surface area contributed by atoms with Crippen LogP contribution in [0.2, 0.25) is 5.02 Å². The first-order valence-electron chi connectivity index (χ1n) is 9.65. The highest BCUT2D eigenvalue weighted by Gasteiger charge is 2.27. The van der Waals surface area contributed by atoms with Crippen LogP contribution in [0.4, 0.5) is 10.1 Å². The summed E-state index contributed by atoms with van der Waals surface area (Å²) in [7, 11) is 0. The second-order valence-electron chi connectivity index (χ2n) is 7.23. The van der Waals surface area contributed by atoms with Crippen LogP contribution >= 0.6 is 24.0 Å². The summed E-state index contributed by atoms with van der Waals surface area (Å²) in [5, 5.41) is 11.4. The summed E-state index contributed by atoms with van der Waals surface area (Å²) in [6.45, 7) is 3.71. The number of benzene rings is 2. The number of nitrogens with zero attached hydrogens (tertiary/aromatic N) is 2. The van der Waals surface area contributed by atoms with E-state index in [-0.39, 0.29) is 24.2 Å². The average Bonchev–Trinajstić information content (AvgIpc) is 3.16. The molecular formula is C22H23Cl2FN4O. The molecule has 0 radical (unpaired) electrons. The maximum atomic E-state index is 13.5. The van der Waals surface area contributed by atoms with Crippen molar-refractivity contribution in [2.24, 2.45) is 0 Å². The first kappa shape index (κ1) is 22.3. The third kappa shape index (κ3) is 4.51. The summed E-state index contributed by atoms with van der Waals surface area (Å²) in [6.07, 6.45) is 3.41. The van der Waals surface area contributed by atoms with Gasteiger partial charge in [0.05, 0.1) is 23.1 Å². The van der Waals surface area contributed by atoms with Gasteiger partial charge in [-0.2, -0.15) is 5.10 Å². The molecule has 1 fully saturated rings. The number of hydrogen-bond acceptors (Lipinski definition) is 3. The number of carbonyl (C=O) groups is 1. The number of halogens is 3. The van der Waals surface area contributed by atoms with Crippen molar-refractivity contribution in [1.29, 1.82) is 0 Å². The zero-order valence-electron chi connectivity index (χ0n) is 16.5. The fourth-order valence-corrected chi connectivity index (χ4v) is 3.97. The molecule has 8 heteroatoms. The van der Waals surface area contributed by atoms with E-state index in [1.807, 2.05) is 29.8 Å². The highest BCUT2D eigenvalue weighted by Crippen LogP contribution is 2.32. The Balaban J connectivity index is 0.00000256. The summed E-state index contributed by atoms with van der Waals surface area (Å²) in [4.78, 5) is 13.1. The van der Waals surface area contributed by atoms with Gasteiger partial charge in [-0.05, 0) is 68.8 Å². The SMILES string of the molecule is Cc1c(Cl)cccc1-n1ncc(C(=O)Nc2cccc(F)c2)c1C1CCNCC1.Cl. The third-order valence-corrected chi connectivity index (χ3v) is 5.74. The summed E-state index contributed by atoms with van der Waals surface area (Å²) in [5.74, 6) is -0.507. The fraction of sp³-hybridized carbons (Fsp3) is 0.273. The Labute approximate surface area is 186 Å². The van der Waals surface area contributed by atoms with E-state index < -0.39 is 5.82 Å². The molecule has 0 aliphatic carbocycles. The van der Waals surface area contributed by atoms with Crippen molar-refractivity contribution in [3.8, 4) is 5.69 Å². The second-order valence-corrected chi connectivity index (χ2v) is 7.64. The molecule has 3 aromatic rings. The van der Waals surface area contributed by atoms with Crippen LogP contribution in [0.3, 0.4) is 0 Å². The molecule has 1 saturated heterocycles. The molecule has 4 rings (SSSR count). The first-order chi connectivity index (χ1) is 14.0. The van der Waals surface area contributed by atoms with Crippen LogP contribution in [-0.2, 0) is 0 Å². The van der Waals surface area contributed by atoms with Crippen molar-refractivity contribution in [1.82, 2.24) is 15.1 Å². The standard InChI is InChI=1S/C22H22ClFN4O.ClH/c1-14-19(23)6-3-7-20(14)28-21(15-8-10-25-11-9-15)18(13-26-28)22(29)27-17-5-2-4-16(24)12-17;/h2-7,12-13,15,25H,8-11H2,1H3,(H,27,29);1H. The van der Waals surface area contributed by atoms with Gasteiger partial charge in [0.1, 0.15) is 5.82 Å². The number of carbonyl (C=O) groups excluding carboxylic acids is 1. The lowest BCUT2D eigenvalue weighted by molar-refractivity contribution is 0.102. The van der Waals surface area contributed by atoms with Crippen molar-refractivity contribution in [3.63, 3.8) is 0 Å². The van der Waals surface area contributed by atoms with Gasteiger partial charge >= 0.3 is 0 Å². The largest absolute Gasteiger partial charge is 0.322 e. The normalized spacial score (nSPS) is 14.2. The monoisotopic (exact) mass is 448 g/mol. The summed E-state index contributed by atoms with van der Waals surface area (Å²) >= 11 is 6.33. The van der Waals surface area contributed by atoms with Gasteiger partial charge in [0.15, 0.2) is 0 Å². The maximum absolute atomic E-state index is 13.5. The molecule has 158 valence electrons. The van der Waals surface area contributed by atoms with Crippen molar-refractivity contribution < 1.29 is 9.18 Å². The lowest BCUT2D eigenvalue weighted by Crippen LogP contribution is -2.29. The van der Waals surface area contributed by atoms with Gasteiger partial charge in [-0.25, -0.2) is 9.07 Å². The van der Waals surface area contributed by atoms with Gasteiger partial charge in [-0.1, -0.05) is 23.7 Å². The first-order valence-corrected chi connectivity index (χ1v) is 10.0. The van der Waals surface area contributed by atoms with E-state index in [0.717, 1.165) is 42.9 Å². The Bertz CT molecular complexity index is 1050. The van der Waals surface area contributed by atoms with Crippen molar-refractivity contribution in [3.05, 3.63) is 76.3 Å². The zero-order chi connectivity index (χ0) is 20.4. The zero-order valence-corrected chi connectivity index (χ0v) is 18.1. The Morgan fingerprint density at radius 1 is 1.23 bits per heavy atom. The molecule has 30 heavy (non-hydrogen) atoms. The maximum Gasteiger partial charge on any atom is 0.259 e. The number of anilines is 1. The van der Waals surface area contributed by atoms with Crippen LogP contribution < -0.4 is 10.6 Å². The smallest absolute Gasteiger partial charge is 0.259 e. The number of rotatable bonds is 4. The van der Waals surface area contributed by atoms with E-state index in [0.29, 0.717) is 16.3 Å². The molecule has 1 aromatic heterocycles. The minimum atomic E-state index is -0.397. The number of nitrogens with one attached hydrogen (secondary N) is 2. The van der Waals surface area contributed by atoms with E-state index in [2.05, 4.69) is 15.7 Å². The van der Waals surface area contributed by atoms with E-state index >= 15 is 0 Å². The summed E-state index contributed by atoms with van der Waals surface area (Å²) in [6, 6.07) is 11.5. The van der Waals surface area contributed by atoms with Gasteiger partial charge in [0, 0.05) is 16.6 Å². The molecule has 0 unspecified atom stereocenters. The lowest BCUT2D eigenvalue weighted by Gasteiger charge is -2.25. The van der Waals surface area contributed by atoms with Crippen LogP contribution in [0.15, 0.2) is 48.7 Å². The van der Waals surface area contributed by atoms with E-state index in [9.17, 15) is 9.18 Å². The number of aromatic nitrogens is 2. The van der Waals surface area contributed by atoms with Crippen LogP contribution in [0.5, 0.6) is 0 Å². The van der Waals surface area contributed by atoms with Crippen molar-refractivity contribution >= 4 is 35.6 Å². The minimum absolute atomic E-state index is 0. The second kappa shape index (κ2) is 9.60. The van der Waals surface area contributed by atoms with Gasteiger partial charge < -0.3 is 10.6 Å². The van der Waals surface area contributed by atoms with E-state index in [1.165, 1.54) is 12.1 Å². The van der Waals surface area contributed by atoms with Gasteiger partial charge in [0.2, 0.25) is 0 Å². The van der Waals surface area contributed by atoms with Gasteiger partial charge in [-0.3, -0.25) is 4.79 Å². The van der Waals surface area contributed by atoms with Gasteiger partial charge in [0.25, 0.3) is 5.91 Å². The molecule has 2 N–H and O–H groups in total. The fourth-order valence-electron chi connectivity index (χ4n) is 3.80. The van der Waals surface area contributed by atoms with Crippen LogP contribution in [-0.4, -0.2) is 28.8 Å². The Kier molecular flexibility index (Phi) is 7.13. The topological polar surface area (TPSA) is 59.0 Å². The Hall–Kier alpha value is -2.41. The molecule has 5 nitrogen and oxygen atoms in total. The Morgan fingerprint density at radius 3 is 2.70 bits per heavy atom. The van der Waals surface area contributed by atoms with Gasteiger partial charge in [-0.15, -0.1) is 12.4 Å². The molecular weight excluding hydrogens is 426 g/mol. The number of piperidine rings is 1. The molecule has 2 heterocycles. The quantitative estimate of drug-likeness (QED) is 0.582. The van der Waals surface area contributed by atoms with Crippen LogP contribution in [0, 0.1) is 12.7 Å². The molecule has 1 amide bonds. The molecule has 0 atom stereocenters.